The predicted molar refractivity (Wildman–Crippen MR) is 79.6 cm³/mol. The number of anilines is 1. The van der Waals surface area contributed by atoms with Crippen molar-refractivity contribution in [1.82, 2.24) is 14.5 Å². The first-order valence-electron chi connectivity index (χ1n) is 6.79. The molecule has 1 aliphatic rings. The van der Waals surface area contributed by atoms with Gasteiger partial charge in [0.25, 0.3) is 0 Å². The minimum absolute atomic E-state index is 0.0596. The van der Waals surface area contributed by atoms with E-state index in [0.29, 0.717) is 17.3 Å². The van der Waals surface area contributed by atoms with Crippen LogP contribution in [0, 0.1) is 0 Å². The Bertz CT molecular complexity index is 749. The van der Waals surface area contributed by atoms with Gasteiger partial charge in [0.05, 0.1) is 12.0 Å². The van der Waals surface area contributed by atoms with Gasteiger partial charge in [-0.3, -0.25) is 15.5 Å². The number of aliphatic hydroxyl groups excluding tert-OH is 2. The number of hydrogen-bond acceptors (Lipinski definition) is 8. The van der Waals surface area contributed by atoms with Crippen LogP contribution in [0.5, 0.6) is 0 Å². The third kappa shape index (κ3) is 2.28. The minimum Gasteiger partial charge on any atom is -0.394 e. The molecule has 0 radical (unpaired) electrons. The summed E-state index contributed by atoms with van der Waals surface area (Å²) in [6.07, 6.45) is 0.375. The van der Waals surface area contributed by atoms with Crippen molar-refractivity contribution in [2.45, 2.75) is 30.2 Å². The Morgan fingerprint density at radius 3 is 2.87 bits per heavy atom. The topological polar surface area (TPSA) is 130 Å². The summed E-state index contributed by atoms with van der Waals surface area (Å²) in [6, 6.07) is 0. The largest absolute Gasteiger partial charge is 0.394 e. The maximum Gasteiger partial charge on any atom is 0.163 e. The van der Waals surface area contributed by atoms with Gasteiger partial charge in [-0.05, 0) is 6.92 Å². The number of halogens is 1. The van der Waals surface area contributed by atoms with Gasteiger partial charge < -0.3 is 19.5 Å². The zero-order chi connectivity index (χ0) is 16.8. The van der Waals surface area contributed by atoms with E-state index in [1.54, 1.807) is 6.92 Å². The fourth-order valence-electron chi connectivity index (χ4n) is 2.83. The highest BCUT2D eigenvalue weighted by Gasteiger charge is 2.53. The molecule has 10 heteroatoms. The third-order valence-electron chi connectivity index (χ3n) is 4.02. The lowest BCUT2D eigenvalue weighted by Crippen LogP contribution is -2.39. The van der Waals surface area contributed by atoms with Gasteiger partial charge in [-0.15, -0.1) is 11.6 Å². The molecule has 2 aromatic heterocycles. The lowest BCUT2D eigenvalue weighted by atomic mass is 10.0. The Kier molecular flexibility index (Phi) is 3.98. The van der Waals surface area contributed by atoms with Gasteiger partial charge in [0.2, 0.25) is 0 Å². The molecule has 0 saturated carbocycles. The summed E-state index contributed by atoms with van der Waals surface area (Å²) in [5.74, 6) is 0.0596. The second-order valence-electron chi connectivity index (χ2n) is 5.45. The van der Waals surface area contributed by atoms with Crippen molar-refractivity contribution in [2.24, 2.45) is 0 Å². The number of rotatable bonds is 4. The Hall–Kier alpha value is -1.78. The number of hydrogen-bond donors (Lipinski definition) is 4. The molecule has 1 saturated heterocycles. The monoisotopic (exact) mass is 342 g/mol. The molecule has 23 heavy (non-hydrogen) atoms. The van der Waals surface area contributed by atoms with E-state index in [4.69, 9.17) is 21.5 Å². The number of aliphatic hydroxyl groups is 2. The van der Waals surface area contributed by atoms with Crippen LogP contribution in [0.15, 0.2) is 12.5 Å². The number of nitrogens with zero attached hydrogens (tertiary/aromatic N) is 3. The quantitative estimate of drug-likeness (QED) is 0.354. The maximum atomic E-state index is 11.3. The first-order chi connectivity index (χ1) is 11.0. The molecule has 4 atom stereocenters. The van der Waals surface area contributed by atoms with Crippen molar-refractivity contribution < 1.29 is 25.0 Å². The van der Waals surface area contributed by atoms with E-state index in [1.165, 1.54) is 17.1 Å². The van der Waals surface area contributed by atoms with E-state index >= 15 is 0 Å². The number of fused-ring (bicyclic) bond motifs is 1. The van der Waals surface area contributed by atoms with Crippen molar-refractivity contribution in [3.05, 3.63) is 18.1 Å². The SMILES string of the molecule is C[C@@]1(Cl)C(O)C(CO)O[C@H]1n1cc(C=O)c2c(NO)ncnc21. The van der Waals surface area contributed by atoms with Crippen LogP contribution in [0.25, 0.3) is 11.0 Å². The van der Waals surface area contributed by atoms with Crippen molar-refractivity contribution >= 4 is 34.7 Å². The van der Waals surface area contributed by atoms with Gasteiger partial charge in [-0.1, -0.05) is 0 Å². The summed E-state index contributed by atoms with van der Waals surface area (Å²) in [5.41, 5.74) is 2.42. The molecule has 9 nitrogen and oxygen atoms in total. The number of carbonyl (C=O) groups excluding carboxylic acids is 1. The number of aromatic nitrogens is 3. The Labute approximate surface area is 135 Å². The molecule has 2 aromatic rings. The van der Waals surface area contributed by atoms with Crippen LogP contribution in [0.3, 0.4) is 0 Å². The zero-order valence-electron chi connectivity index (χ0n) is 12.0. The van der Waals surface area contributed by atoms with Crippen molar-refractivity contribution in [2.75, 3.05) is 12.1 Å². The summed E-state index contributed by atoms with van der Waals surface area (Å²) in [5, 5.41) is 29.0. The third-order valence-corrected chi connectivity index (χ3v) is 4.43. The number of carbonyl (C=O) groups is 1. The van der Waals surface area contributed by atoms with Gasteiger partial charge in [0.15, 0.2) is 18.3 Å². The van der Waals surface area contributed by atoms with Gasteiger partial charge >= 0.3 is 0 Å². The molecule has 3 heterocycles. The van der Waals surface area contributed by atoms with Gasteiger partial charge in [-0.25, -0.2) is 9.97 Å². The standard InChI is InChI=1S/C13H15ClN4O5/c1-13(14)9(21)7(4-20)23-12(13)18-2-6(3-19)8-10(17-22)15-5-16-11(8)18/h2-3,5,7,9,12,20-22H,4H2,1H3,(H,15,16,17)/t7?,9?,12-,13-/m1/s1. The van der Waals surface area contributed by atoms with Crippen molar-refractivity contribution in [3.63, 3.8) is 0 Å². The second kappa shape index (κ2) is 5.69. The molecule has 0 aromatic carbocycles. The van der Waals surface area contributed by atoms with Gasteiger partial charge in [0.1, 0.15) is 29.1 Å². The van der Waals surface area contributed by atoms with E-state index in [9.17, 15) is 15.0 Å². The molecule has 0 spiro atoms. The number of nitrogens with one attached hydrogen (secondary N) is 1. The molecule has 2 unspecified atom stereocenters. The summed E-state index contributed by atoms with van der Waals surface area (Å²) in [7, 11) is 0. The summed E-state index contributed by atoms with van der Waals surface area (Å²) < 4.78 is 7.12. The Balaban J connectivity index is 2.19. The highest BCUT2D eigenvalue weighted by molar-refractivity contribution is 6.24. The van der Waals surface area contributed by atoms with Crippen molar-refractivity contribution in [3.8, 4) is 0 Å². The van der Waals surface area contributed by atoms with Crippen LogP contribution in [0.4, 0.5) is 5.82 Å². The van der Waals surface area contributed by atoms with Crippen LogP contribution in [0.1, 0.15) is 23.5 Å². The van der Waals surface area contributed by atoms with Crippen LogP contribution in [-0.2, 0) is 4.74 Å². The average molecular weight is 343 g/mol. The van der Waals surface area contributed by atoms with Crippen LogP contribution in [0.2, 0.25) is 0 Å². The minimum atomic E-state index is -1.25. The molecular formula is C13H15ClN4O5. The molecule has 0 bridgehead atoms. The van der Waals surface area contributed by atoms with Crippen LogP contribution >= 0.6 is 11.6 Å². The highest BCUT2D eigenvalue weighted by atomic mass is 35.5. The van der Waals surface area contributed by atoms with Gasteiger partial charge in [-0.2, -0.15) is 0 Å². The molecule has 4 N–H and O–H groups in total. The van der Waals surface area contributed by atoms with Crippen molar-refractivity contribution in [1.29, 1.82) is 0 Å². The maximum absolute atomic E-state index is 11.3. The van der Waals surface area contributed by atoms with Crippen LogP contribution < -0.4 is 5.48 Å². The van der Waals surface area contributed by atoms with Gasteiger partial charge in [0, 0.05) is 11.8 Å². The Morgan fingerprint density at radius 1 is 1.57 bits per heavy atom. The predicted octanol–water partition coefficient (Wildman–Crippen LogP) is 0.293. The van der Waals surface area contributed by atoms with E-state index in [-0.39, 0.29) is 11.4 Å². The highest BCUT2D eigenvalue weighted by Crippen LogP contribution is 2.44. The molecular weight excluding hydrogens is 328 g/mol. The lowest BCUT2D eigenvalue weighted by molar-refractivity contribution is -0.0439. The molecule has 0 aliphatic carbocycles. The lowest BCUT2D eigenvalue weighted by Gasteiger charge is -2.26. The average Bonchev–Trinajstić information content (AvgIpc) is 3.03. The fraction of sp³-hybridized carbons (Fsp3) is 0.462. The number of ether oxygens (including phenoxy) is 1. The smallest absolute Gasteiger partial charge is 0.163 e. The number of alkyl halides is 1. The van der Waals surface area contributed by atoms with E-state index < -0.39 is 29.9 Å². The molecule has 124 valence electrons. The summed E-state index contributed by atoms with van der Waals surface area (Å²) in [6.45, 7) is 1.16. The first kappa shape index (κ1) is 16.1. The van der Waals surface area contributed by atoms with Crippen LogP contribution in [-0.4, -0.2) is 59.9 Å². The van der Waals surface area contributed by atoms with E-state index in [1.807, 2.05) is 5.48 Å². The molecule has 0 amide bonds. The van der Waals surface area contributed by atoms with E-state index in [0.717, 1.165) is 0 Å². The molecule has 3 rings (SSSR count). The molecule has 1 fully saturated rings. The normalized spacial score (nSPS) is 30.7. The molecule has 1 aliphatic heterocycles. The first-order valence-corrected chi connectivity index (χ1v) is 7.17. The summed E-state index contributed by atoms with van der Waals surface area (Å²) >= 11 is 6.41. The summed E-state index contributed by atoms with van der Waals surface area (Å²) in [4.78, 5) is 18.0. The second-order valence-corrected chi connectivity index (χ2v) is 6.26. The Morgan fingerprint density at radius 2 is 2.30 bits per heavy atom. The number of aldehydes is 1. The fourth-order valence-corrected chi connectivity index (χ4v) is 3.13. The van der Waals surface area contributed by atoms with E-state index in [2.05, 4.69) is 9.97 Å². The zero-order valence-corrected chi connectivity index (χ0v) is 12.8.